The lowest BCUT2D eigenvalue weighted by atomic mass is 10.1. The monoisotopic (exact) mass is 197 g/mol. The van der Waals surface area contributed by atoms with Gasteiger partial charge in [-0.25, -0.2) is 0 Å². The number of hydrogen-bond acceptors (Lipinski definition) is 3. The average molecular weight is 197 g/mol. The van der Waals surface area contributed by atoms with Gasteiger partial charge in [0, 0.05) is 24.2 Å². The first-order valence-corrected chi connectivity index (χ1v) is 5.97. The zero-order valence-electron chi connectivity index (χ0n) is 7.66. The van der Waals surface area contributed by atoms with Crippen molar-refractivity contribution in [1.82, 2.24) is 5.32 Å². The lowest BCUT2D eigenvalue weighted by molar-refractivity contribution is 0.0915. The van der Waals surface area contributed by atoms with Crippen molar-refractivity contribution in [2.45, 2.75) is 31.0 Å². The molecule has 2 saturated heterocycles. The predicted octanol–water partition coefficient (Wildman–Crippen LogP) is 0.872. The van der Waals surface area contributed by atoms with Gasteiger partial charge in [0.05, 0.1) is 12.1 Å². The molecular weight excluding hydrogens is 182 g/mol. The van der Waals surface area contributed by atoms with Crippen LogP contribution in [-0.4, -0.2) is 36.3 Å². The molecule has 13 heavy (non-hydrogen) atoms. The van der Waals surface area contributed by atoms with E-state index < -0.39 is 0 Å². The number of rotatable bonds is 3. The molecule has 0 spiro atoms. The molecule has 2 atom stereocenters. The van der Waals surface area contributed by atoms with Crippen LogP contribution in [0.4, 0.5) is 0 Å². The topological polar surface area (TPSA) is 21.3 Å². The number of terminal acetylenes is 1. The fraction of sp³-hybridized carbons (Fsp3) is 0.800. The van der Waals surface area contributed by atoms with Crippen LogP contribution < -0.4 is 5.32 Å². The van der Waals surface area contributed by atoms with E-state index >= 15 is 0 Å². The molecule has 2 heterocycles. The van der Waals surface area contributed by atoms with Crippen LogP contribution in [-0.2, 0) is 4.74 Å². The summed E-state index contributed by atoms with van der Waals surface area (Å²) in [6, 6.07) is 0.753. The third-order valence-corrected chi connectivity index (χ3v) is 3.85. The highest BCUT2D eigenvalue weighted by Gasteiger charge is 2.28. The van der Waals surface area contributed by atoms with E-state index in [0.29, 0.717) is 6.04 Å². The van der Waals surface area contributed by atoms with Crippen LogP contribution in [0.15, 0.2) is 0 Å². The third-order valence-electron chi connectivity index (χ3n) is 2.57. The van der Waals surface area contributed by atoms with Gasteiger partial charge >= 0.3 is 0 Å². The highest BCUT2D eigenvalue weighted by Crippen LogP contribution is 2.21. The minimum atomic E-state index is 0.133. The SMILES string of the molecule is C#CC(NC1CSC1)C1CCCO1. The maximum atomic E-state index is 5.56. The van der Waals surface area contributed by atoms with E-state index in [-0.39, 0.29) is 12.1 Å². The molecular formula is C10H15NOS. The zero-order chi connectivity index (χ0) is 9.10. The number of nitrogens with one attached hydrogen (secondary N) is 1. The summed E-state index contributed by atoms with van der Waals surface area (Å²) in [5, 5.41) is 3.46. The van der Waals surface area contributed by atoms with Crippen LogP contribution >= 0.6 is 11.8 Å². The molecule has 2 nitrogen and oxygen atoms in total. The van der Waals surface area contributed by atoms with Crippen LogP contribution in [0.1, 0.15) is 12.8 Å². The standard InChI is InChI=1S/C10H15NOS/c1-2-9(10-4-3-5-12-10)11-8-6-13-7-8/h1,8-11H,3-7H2. The molecule has 2 aliphatic rings. The molecule has 2 fully saturated rings. The van der Waals surface area contributed by atoms with Gasteiger partial charge in [-0.05, 0) is 12.8 Å². The second kappa shape index (κ2) is 4.36. The van der Waals surface area contributed by atoms with Crippen LogP contribution in [0.3, 0.4) is 0 Å². The van der Waals surface area contributed by atoms with Gasteiger partial charge < -0.3 is 4.74 Å². The number of ether oxygens (including phenoxy) is 1. The Hall–Kier alpha value is -0.170. The quantitative estimate of drug-likeness (QED) is 0.678. The molecule has 0 saturated carbocycles. The van der Waals surface area contributed by atoms with Crippen molar-refractivity contribution in [3.05, 3.63) is 0 Å². The Labute approximate surface area is 83.8 Å². The Morgan fingerprint density at radius 2 is 2.38 bits per heavy atom. The molecule has 0 aromatic rings. The second-order valence-electron chi connectivity index (χ2n) is 3.60. The maximum Gasteiger partial charge on any atom is 0.0955 e. The molecule has 0 amide bonds. The minimum absolute atomic E-state index is 0.133. The summed E-state index contributed by atoms with van der Waals surface area (Å²) in [6.07, 6.45) is 8.01. The van der Waals surface area contributed by atoms with Gasteiger partial charge in [0.15, 0.2) is 0 Å². The normalized spacial score (nSPS) is 30.8. The Morgan fingerprint density at radius 1 is 1.54 bits per heavy atom. The van der Waals surface area contributed by atoms with Crippen LogP contribution in [0.5, 0.6) is 0 Å². The first kappa shape index (κ1) is 9.39. The van der Waals surface area contributed by atoms with Gasteiger partial charge in [-0.2, -0.15) is 11.8 Å². The summed E-state index contributed by atoms with van der Waals surface area (Å²) >= 11 is 1.97. The highest BCUT2D eigenvalue weighted by atomic mass is 32.2. The van der Waals surface area contributed by atoms with E-state index in [9.17, 15) is 0 Å². The summed E-state index contributed by atoms with van der Waals surface area (Å²) in [6.45, 7) is 0.879. The Kier molecular flexibility index (Phi) is 3.15. The van der Waals surface area contributed by atoms with Gasteiger partial charge in [-0.15, -0.1) is 6.42 Å². The molecule has 0 aliphatic carbocycles. The van der Waals surface area contributed by atoms with Crippen molar-refractivity contribution in [2.75, 3.05) is 18.1 Å². The summed E-state index contributed by atoms with van der Waals surface area (Å²) in [7, 11) is 0. The van der Waals surface area contributed by atoms with Crippen molar-refractivity contribution >= 4 is 11.8 Å². The minimum Gasteiger partial charge on any atom is -0.376 e. The highest BCUT2D eigenvalue weighted by molar-refractivity contribution is 8.00. The summed E-state index contributed by atoms with van der Waals surface area (Å²) in [5.74, 6) is 5.20. The molecule has 3 heteroatoms. The van der Waals surface area contributed by atoms with E-state index in [2.05, 4.69) is 11.2 Å². The smallest absolute Gasteiger partial charge is 0.0955 e. The maximum absolute atomic E-state index is 5.56. The average Bonchev–Trinajstić information content (AvgIpc) is 2.55. The molecule has 2 aliphatic heterocycles. The lowest BCUT2D eigenvalue weighted by Crippen LogP contribution is -2.50. The third kappa shape index (κ3) is 2.19. The zero-order valence-corrected chi connectivity index (χ0v) is 8.48. The first-order chi connectivity index (χ1) is 6.40. The van der Waals surface area contributed by atoms with E-state index in [0.717, 1.165) is 19.4 Å². The second-order valence-corrected chi connectivity index (χ2v) is 4.67. The molecule has 2 rings (SSSR count). The molecule has 0 aromatic heterocycles. The van der Waals surface area contributed by atoms with Gasteiger partial charge in [0.25, 0.3) is 0 Å². The Balaban J connectivity index is 1.81. The molecule has 0 bridgehead atoms. The van der Waals surface area contributed by atoms with Crippen LogP contribution in [0.25, 0.3) is 0 Å². The molecule has 2 unspecified atom stereocenters. The fourth-order valence-electron chi connectivity index (χ4n) is 1.71. The van der Waals surface area contributed by atoms with E-state index in [4.69, 9.17) is 11.2 Å². The molecule has 0 radical (unpaired) electrons. The van der Waals surface area contributed by atoms with E-state index in [1.54, 1.807) is 0 Å². The fourth-order valence-corrected chi connectivity index (χ4v) is 2.38. The van der Waals surface area contributed by atoms with Gasteiger partial charge in [-0.1, -0.05) is 5.92 Å². The Morgan fingerprint density at radius 3 is 2.85 bits per heavy atom. The van der Waals surface area contributed by atoms with Crippen LogP contribution in [0, 0.1) is 12.3 Å². The first-order valence-electron chi connectivity index (χ1n) is 4.81. The summed E-state index contributed by atoms with van der Waals surface area (Å²) < 4.78 is 5.56. The summed E-state index contributed by atoms with van der Waals surface area (Å²) in [5.41, 5.74) is 0. The number of thioether (sulfide) groups is 1. The van der Waals surface area contributed by atoms with Crippen molar-refractivity contribution in [2.24, 2.45) is 0 Å². The molecule has 0 aromatic carbocycles. The van der Waals surface area contributed by atoms with Crippen molar-refractivity contribution in [3.63, 3.8) is 0 Å². The Bertz CT molecular complexity index is 203. The van der Waals surface area contributed by atoms with E-state index in [1.165, 1.54) is 11.5 Å². The van der Waals surface area contributed by atoms with Gasteiger partial charge in [-0.3, -0.25) is 5.32 Å². The number of hydrogen-bond donors (Lipinski definition) is 1. The van der Waals surface area contributed by atoms with Crippen LogP contribution in [0.2, 0.25) is 0 Å². The molecule has 1 N–H and O–H groups in total. The largest absolute Gasteiger partial charge is 0.376 e. The van der Waals surface area contributed by atoms with Gasteiger partial charge in [0.1, 0.15) is 0 Å². The lowest BCUT2D eigenvalue weighted by Gasteiger charge is -2.31. The van der Waals surface area contributed by atoms with E-state index in [1.807, 2.05) is 11.8 Å². The molecule has 72 valence electrons. The van der Waals surface area contributed by atoms with Crippen molar-refractivity contribution in [1.29, 1.82) is 0 Å². The predicted molar refractivity (Wildman–Crippen MR) is 55.8 cm³/mol. The van der Waals surface area contributed by atoms with Crippen molar-refractivity contribution < 1.29 is 4.74 Å². The van der Waals surface area contributed by atoms with Gasteiger partial charge in [0.2, 0.25) is 0 Å². The van der Waals surface area contributed by atoms with Crippen molar-refractivity contribution in [3.8, 4) is 12.3 Å². The summed E-state index contributed by atoms with van der Waals surface area (Å²) in [4.78, 5) is 0.